The van der Waals surface area contributed by atoms with E-state index in [1.165, 1.54) is 5.56 Å². The maximum atomic E-state index is 5.73. The van der Waals surface area contributed by atoms with Gasteiger partial charge in [-0.25, -0.2) is 4.98 Å². The summed E-state index contributed by atoms with van der Waals surface area (Å²) in [4.78, 5) is 4.39. The van der Waals surface area contributed by atoms with Gasteiger partial charge in [0.25, 0.3) is 0 Å². The molecular formula is C16H20N2O. The van der Waals surface area contributed by atoms with Gasteiger partial charge in [0.05, 0.1) is 11.1 Å². The van der Waals surface area contributed by atoms with Crippen molar-refractivity contribution in [3.05, 3.63) is 53.7 Å². The molecule has 0 bridgehead atoms. The van der Waals surface area contributed by atoms with Crippen molar-refractivity contribution in [1.82, 2.24) is 10.3 Å². The SMILES string of the molecule is CCCNCc1ncoc1C1(c2ccccc2)CC1. The van der Waals surface area contributed by atoms with Crippen LogP contribution in [0.4, 0.5) is 0 Å². The van der Waals surface area contributed by atoms with Crippen LogP contribution in [0.1, 0.15) is 43.2 Å². The average Bonchev–Trinajstić information content (AvgIpc) is 3.13. The summed E-state index contributed by atoms with van der Waals surface area (Å²) in [5, 5.41) is 3.41. The Morgan fingerprint density at radius 2 is 2.05 bits per heavy atom. The van der Waals surface area contributed by atoms with Crippen molar-refractivity contribution < 1.29 is 4.42 Å². The summed E-state index contributed by atoms with van der Waals surface area (Å²) < 4.78 is 5.73. The number of nitrogens with zero attached hydrogens (tertiary/aromatic N) is 1. The molecule has 3 nitrogen and oxygen atoms in total. The van der Waals surface area contributed by atoms with Gasteiger partial charge in [0, 0.05) is 6.54 Å². The number of hydrogen-bond donors (Lipinski definition) is 1. The summed E-state index contributed by atoms with van der Waals surface area (Å²) in [6.07, 6.45) is 5.04. The first-order valence-electron chi connectivity index (χ1n) is 7.06. The Hall–Kier alpha value is -1.61. The topological polar surface area (TPSA) is 38.1 Å². The zero-order valence-corrected chi connectivity index (χ0v) is 11.4. The molecule has 1 aliphatic rings. The molecule has 3 heteroatoms. The molecule has 1 heterocycles. The molecule has 0 aliphatic heterocycles. The highest BCUT2D eigenvalue weighted by Gasteiger charge is 2.50. The summed E-state index contributed by atoms with van der Waals surface area (Å²) in [5.74, 6) is 1.06. The van der Waals surface area contributed by atoms with Crippen molar-refractivity contribution in [2.45, 2.75) is 38.1 Å². The summed E-state index contributed by atoms with van der Waals surface area (Å²) in [5.41, 5.74) is 2.50. The number of rotatable bonds is 6. The van der Waals surface area contributed by atoms with Crippen molar-refractivity contribution in [3.8, 4) is 0 Å². The van der Waals surface area contributed by atoms with Crippen LogP contribution in [0, 0.1) is 0 Å². The Balaban J connectivity index is 1.84. The van der Waals surface area contributed by atoms with Gasteiger partial charge in [-0.1, -0.05) is 37.3 Å². The molecule has 1 saturated carbocycles. The minimum atomic E-state index is 0.0843. The summed E-state index contributed by atoms with van der Waals surface area (Å²) in [6.45, 7) is 3.99. The van der Waals surface area contributed by atoms with E-state index in [1.807, 2.05) is 0 Å². The van der Waals surface area contributed by atoms with E-state index in [-0.39, 0.29) is 5.41 Å². The first kappa shape index (κ1) is 12.4. The van der Waals surface area contributed by atoms with Gasteiger partial charge in [-0.2, -0.15) is 0 Å². The fourth-order valence-corrected chi connectivity index (χ4v) is 2.70. The Labute approximate surface area is 114 Å². The molecule has 0 saturated heterocycles. The molecule has 0 radical (unpaired) electrons. The highest BCUT2D eigenvalue weighted by Crippen LogP contribution is 2.54. The van der Waals surface area contributed by atoms with Crippen molar-refractivity contribution in [3.63, 3.8) is 0 Å². The normalized spacial score (nSPS) is 16.5. The van der Waals surface area contributed by atoms with E-state index in [0.717, 1.165) is 43.8 Å². The van der Waals surface area contributed by atoms with Gasteiger partial charge in [-0.15, -0.1) is 0 Å². The van der Waals surface area contributed by atoms with Crippen LogP contribution >= 0.6 is 0 Å². The molecule has 100 valence electrons. The molecule has 3 rings (SSSR count). The van der Waals surface area contributed by atoms with Gasteiger partial charge in [0.1, 0.15) is 5.76 Å². The average molecular weight is 256 g/mol. The molecular weight excluding hydrogens is 236 g/mol. The monoisotopic (exact) mass is 256 g/mol. The van der Waals surface area contributed by atoms with Crippen molar-refractivity contribution >= 4 is 0 Å². The van der Waals surface area contributed by atoms with Crippen molar-refractivity contribution in [2.24, 2.45) is 0 Å². The zero-order valence-electron chi connectivity index (χ0n) is 11.4. The Morgan fingerprint density at radius 1 is 1.26 bits per heavy atom. The van der Waals surface area contributed by atoms with Crippen LogP contribution in [0.15, 0.2) is 41.1 Å². The lowest BCUT2D eigenvalue weighted by Crippen LogP contribution is -2.18. The maximum absolute atomic E-state index is 5.73. The second-order valence-electron chi connectivity index (χ2n) is 5.25. The lowest BCUT2D eigenvalue weighted by Gasteiger charge is -2.14. The fraction of sp³-hybridized carbons (Fsp3) is 0.438. The van der Waals surface area contributed by atoms with Gasteiger partial charge in [0.15, 0.2) is 6.39 Å². The first-order chi connectivity index (χ1) is 9.37. The Kier molecular flexibility index (Phi) is 3.38. The number of benzene rings is 1. The molecule has 0 spiro atoms. The van der Waals surface area contributed by atoms with Gasteiger partial charge in [-0.3, -0.25) is 0 Å². The molecule has 1 aliphatic carbocycles. The molecule has 1 N–H and O–H groups in total. The lowest BCUT2D eigenvalue weighted by molar-refractivity contribution is 0.468. The van der Waals surface area contributed by atoms with E-state index in [9.17, 15) is 0 Å². The van der Waals surface area contributed by atoms with Crippen LogP contribution < -0.4 is 5.32 Å². The third-order valence-electron chi connectivity index (χ3n) is 3.87. The molecule has 2 aromatic rings. The molecule has 0 unspecified atom stereocenters. The highest BCUT2D eigenvalue weighted by atomic mass is 16.3. The van der Waals surface area contributed by atoms with Crippen LogP contribution in [0.3, 0.4) is 0 Å². The van der Waals surface area contributed by atoms with Crippen LogP contribution in [0.5, 0.6) is 0 Å². The molecule has 1 aromatic carbocycles. The standard InChI is InChI=1S/C16H20N2O/c1-2-10-17-11-14-15(19-12-18-14)16(8-9-16)13-6-4-3-5-7-13/h3-7,12,17H,2,8-11H2,1H3. The van der Waals surface area contributed by atoms with Crippen LogP contribution in [-0.4, -0.2) is 11.5 Å². The first-order valence-corrected chi connectivity index (χ1v) is 7.06. The lowest BCUT2D eigenvalue weighted by atomic mass is 9.92. The van der Waals surface area contributed by atoms with E-state index in [4.69, 9.17) is 4.42 Å². The molecule has 0 amide bonds. The summed E-state index contributed by atoms with van der Waals surface area (Å²) in [7, 11) is 0. The molecule has 1 aromatic heterocycles. The second-order valence-corrected chi connectivity index (χ2v) is 5.25. The number of oxazole rings is 1. The van der Waals surface area contributed by atoms with Crippen LogP contribution in [0.2, 0.25) is 0 Å². The molecule has 1 fully saturated rings. The smallest absolute Gasteiger partial charge is 0.181 e. The largest absolute Gasteiger partial charge is 0.447 e. The maximum Gasteiger partial charge on any atom is 0.181 e. The Morgan fingerprint density at radius 3 is 2.74 bits per heavy atom. The van der Waals surface area contributed by atoms with Gasteiger partial charge >= 0.3 is 0 Å². The van der Waals surface area contributed by atoms with Crippen molar-refractivity contribution in [2.75, 3.05) is 6.54 Å². The fourth-order valence-electron chi connectivity index (χ4n) is 2.70. The number of aromatic nitrogens is 1. The summed E-state index contributed by atoms with van der Waals surface area (Å²) >= 11 is 0. The van der Waals surface area contributed by atoms with E-state index >= 15 is 0 Å². The van der Waals surface area contributed by atoms with Gasteiger partial charge < -0.3 is 9.73 Å². The second kappa shape index (κ2) is 5.17. The van der Waals surface area contributed by atoms with E-state index in [0.29, 0.717) is 0 Å². The minimum absolute atomic E-state index is 0.0843. The van der Waals surface area contributed by atoms with Gasteiger partial charge in [0.2, 0.25) is 0 Å². The predicted octanol–water partition coefficient (Wildman–Crippen LogP) is 3.25. The minimum Gasteiger partial charge on any atom is -0.447 e. The number of nitrogens with one attached hydrogen (secondary N) is 1. The quantitative estimate of drug-likeness (QED) is 0.806. The van der Waals surface area contributed by atoms with Crippen LogP contribution in [0.25, 0.3) is 0 Å². The summed E-state index contributed by atoms with van der Waals surface area (Å²) in [6, 6.07) is 10.6. The third kappa shape index (κ3) is 2.30. The third-order valence-corrected chi connectivity index (χ3v) is 3.87. The van der Waals surface area contributed by atoms with Crippen LogP contribution in [-0.2, 0) is 12.0 Å². The number of hydrogen-bond acceptors (Lipinski definition) is 3. The Bertz CT molecular complexity index is 529. The van der Waals surface area contributed by atoms with Crippen molar-refractivity contribution in [1.29, 1.82) is 0 Å². The molecule has 0 atom stereocenters. The van der Waals surface area contributed by atoms with E-state index in [2.05, 4.69) is 47.6 Å². The zero-order chi connectivity index (χ0) is 13.1. The van der Waals surface area contributed by atoms with Gasteiger partial charge in [-0.05, 0) is 31.4 Å². The molecule has 19 heavy (non-hydrogen) atoms. The highest BCUT2D eigenvalue weighted by molar-refractivity contribution is 5.42. The predicted molar refractivity (Wildman–Crippen MR) is 75.0 cm³/mol. The van der Waals surface area contributed by atoms with E-state index < -0.39 is 0 Å². The van der Waals surface area contributed by atoms with E-state index in [1.54, 1.807) is 6.39 Å².